The molecular weight excluding hydrogens is 286 g/mol. The molecule has 2 aromatic rings. The number of aromatic nitrogens is 4. The molecule has 116 valence electrons. The zero-order valence-corrected chi connectivity index (χ0v) is 12.2. The van der Waals surface area contributed by atoms with Crippen molar-refractivity contribution in [1.82, 2.24) is 19.3 Å². The number of aliphatic carboxylic acids is 1. The molecule has 8 heteroatoms. The van der Waals surface area contributed by atoms with Gasteiger partial charge in [-0.2, -0.15) is 5.10 Å². The molecule has 0 saturated heterocycles. The minimum atomic E-state index is -0.976. The number of carbonyl (C=O) groups is 2. The maximum Gasteiger partial charge on any atom is 0.325 e. The van der Waals surface area contributed by atoms with E-state index in [2.05, 4.69) is 20.0 Å². The molecule has 0 saturated carbocycles. The Morgan fingerprint density at radius 3 is 3.09 bits per heavy atom. The number of carboxylic acid groups (broad SMARTS) is 1. The molecule has 1 atom stereocenters. The quantitative estimate of drug-likeness (QED) is 0.864. The number of rotatable bonds is 4. The zero-order chi connectivity index (χ0) is 15.7. The molecule has 3 heterocycles. The number of hydrogen-bond donors (Lipinski definition) is 2. The van der Waals surface area contributed by atoms with Crippen LogP contribution in [-0.2, 0) is 29.1 Å². The summed E-state index contributed by atoms with van der Waals surface area (Å²) in [6.45, 7) is 2.32. The van der Waals surface area contributed by atoms with Gasteiger partial charge in [-0.25, -0.2) is 4.98 Å². The first-order chi connectivity index (χ1) is 10.5. The van der Waals surface area contributed by atoms with Gasteiger partial charge in [-0.05, 0) is 19.8 Å². The number of fused-ring (bicyclic) bond motifs is 1. The SMILES string of the molecule is Cc1ncc2n1CC(C(=O)Nc1ccn(CC(=O)O)n1)CC2. The van der Waals surface area contributed by atoms with Crippen molar-refractivity contribution in [3.63, 3.8) is 0 Å². The number of aryl methyl sites for hydroxylation is 2. The number of amides is 1. The number of carbonyl (C=O) groups excluding carboxylic acids is 1. The molecule has 1 aliphatic rings. The molecule has 22 heavy (non-hydrogen) atoms. The second-order valence-corrected chi connectivity index (χ2v) is 5.42. The molecule has 1 aliphatic heterocycles. The first-order valence-corrected chi connectivity index (χ1v) is 7.10. The topological polar surface area (TPSA) is 102 Å². The molecule has 8 nitrogen and oxygen atoms in total. The summed E-state index contributed by atoms with van der Waals surface area (Å²) in [4.78, 5) is 27.2. The van der Waals surface area contributed by atoms with Crippen molar-refractivity contribution >= 4 is 17.7 Å². The lowest BCUT2D eigenvalue weighted by molar-refractivity contribution is -0.137. The van der Waals surface area contributed by atoms with Gasteiger partial charge in [0.15, 0.2) is 5.82 Å². The van der Waals surface area contributed by atoms with Gasteiger partial charge in [-0.15, -0.1) is 0 Å². The molecule has 0 spiro atoms. The first kappa shape index (κ1) is 14.3. The van der Waals surface area contributed by atoms with Crippen LogP contribution >= 0.6 is 0 Å². The van der Waals surface area contributed by atoms with Gasteiger partial charge in [0, 0.05) is 30.7 Å². The highest BCUT2D eigenvalue weighted by Crippen LogP contribution is 2.22. The molecule has 0 bridgehead atoms. The van der Waals surface area contributed by atoms with E-state index < -0.39 is 5.97 Å². The van der Waals surface area contributed by atoms with Gasteiger partial charge in [-0.3, -0.25) is 14.3 Å². The van der Waals surface area contributed by atoms with E-state index in [1.807, 2.05) is 13.1 Å². The van der Waals surface area contributed by atoms with Crippen LogP contribution in [0.25, 0.3) is 0 Å². The maximum absolute atomic E-state index is 12.3. The van der Waals surface area contributed by atoms with E-state index in [0.717, 1.165) is 24.4 Å². The highest BCUT2D eigenvalue weighted by Gasteiger charge is 2.26. The normalized spacial score (nSPS) is 17.0. The minimum Gasteiger partial charge on any atom is -0.480 e. The van der Waals surface area contributed by atoms with Crippen molar-refractivity contribution < 1.29 is 14.7 Å². The average molecular weight is 303 g/mol. The van der Waals surface area contributed by atoms with Crippen molar-refractivity contribution in [2.45, 2.75) is 32.9 Å². The third kappa shape index (κ3) is 2.85. The van der Waals surface area contributed by atoms with Gasteiger partial charge >= 0.3 is 5.97 Å². The van der Waals surface area contributed by atoms with Crippen molar-refractivity contribution in [2.75, 3.05) is 5.32 Å². The number of imidazole rings is 1. The predicted octanol–water partition coefficient (Wildman–Crippen LogP) is 0.674. The molecule has 0 fully saturated rings. The van der Waals surface area contributed by atoms with Gasteiger partial charge in [0.2, 0.25) is 5.91 Å². The zero-order valence-electron chi connectivity index (χ0n) is 12.2. The third-order valence-electron chi connectivity index (χ3n) is 3.85. The fourth-order valence-electron chi connectivity index (χ4n) is 2.70. The molecular formula is C14H17N5O3. The molecule has 1 unspecified atom stereocenters. The number of nitrogens with one attached hydrogen (secondary N) is 1. The molecule has 2 N–H and O–H groups in total. The highest BCUT2D eigenvalue weighted by molar-refractivity contribution is 5.91. The molecule has 3 rings (SSSR count). The van der Waals surface area contributed by atoms with Crippen LogP contribution in [0.4, 0.5) is 5.82 Å². The second-order valence-electron chi connectivity index (χ2n) is 5.42. The monoisotopic (exact) mass is 303 g/mol. The van der Waals surface area contributed by atoms with Gasteiger partial charge in [0.1, 0.15) is 12.4 Å². The second kappa shape index (κ2) is 5.63. The number of carboxylic acids is 1. The summed E-state index contributed by atoms with van der Waals surface area (Å²) in [7, 11) is 0. The molecule has 0 aliphatic carbocycles. The standard InChI is InChI=1S/C14H17N5O3/c1-9-15-6-11-3-2-10(7-19(9)11)14(22)16-12-4-5-18(17-12)8-13(20)21/h4-6,10H,2-3,7-8H2,1H3,(H,20,21)(H,16,17,22). The van der Waals surface area contributed by atoms with Crippen LogP contribution in [0.3, 0.4) is 0 Å². The largest absolute Gasteiger partial charge is 0.480 e. The van der Waals surface area contributed by atoms with E-state index in [9.17, 15) is 9.59 Å². The summed E-state index contributed by atoms with van der Waals surface area (Å²) in [5.41, 5.74) is 1.16. The Bertz CT molecular complexity index is 718. The van der Waals surface area contributed by atoms with Gasteiger partial charge in [0.25, 0.3) is 0 Å². The van der Waals surface area contributed by atoms with E-state index in [-0.39, 0.29) is 18.4 Å². The lowest BCUT2D eigenvalue weighted by Crippen LogP contribution is -2.31. The Labute approximate surface area is 126 Å². The summed E-state index contributed by atoms with van der Waals surface area (Å²) < 4.78 is 3.34. The van der Waals surface area contributed by atoms with Crippen LogP contribution < -0.4 is 5.32 Å². The van der Waals surface area contributed by atoms with Crippen molar-refractivity contribution in [2.24, 2.45) is 5.92 Å². The fraction of sp³-hybridized carbons (Fsp3) is 0.429. The van der Waals surface area contributed by atoms with Gasteiger partial charge < -0.3 is 15.0 Å². The molecule has 2 aromatic heterocycles. The van der Waals surface area contributed by atoms with E-state index in [1.165, 1.54) is 10.9 Å². The van der Waals surface area contributed by atoms with E-state index in [1.54, 1.807) is 6.07 Å². The Hall–Kier alpha value is -2.64. The van der Waals surface area contributed by atoms with Gasteiger partial charge in [-0.1, -0.05) is 0 Å². The Balaban J connectivity index is 1.64. The summed E-state index contributed by atoms with van der Waals surface area (Å²) in [6, 6.07) is 1.59. The first-order valence-electron chi connectivity index (χ1n) is 7.10. The third-order valence-corrected chi connectivity index (χ3v) is 3.85. The molecule has 1 amide bonds. The van der Waals surface area contributed by atoms with Crippen LogP contribution in [0.1, 0.15) is 17.9 Å². The van der Waals surface area contributed by atoms with Crippen LogP contribution in [-0.4, -0.2) is 36.3 Å². The van der Waals surface area contributed by atoms with Crippen molar-refractivity contribution in [3.05, 3.63) is 30.0 Å². The van der Waals surface area contributed by atoms with E-state index >= 15 is 0 Å². The highest BCUT2D eigenvalue weighted by atomic mass is 16.4. The average Bonchev–Trinajstić information content (AvgIpc) is 3.05. The predicted molar refractivity (Wildman–Crippen MR) is 77.3 cm³/mol. The summed E-state index contributed by atoms with van der Waals surface area (Å²) in [5, 5.41) is 15.5. The van der Waals surface area contributed by atoms with Crippen molar-refractivity contribution in [1.29, 1.82) is 0 Å². The smallest absolute Gasteiger partial charge is 0.325 e. The van der Waals surface area contributed by atoms with Gasteiger partial charge in [0.05, 0.1) is 5.92 Å². The number of hydrogen-bond acceptors (Lipinski definition) is 4. The molecule has 0 radical (unpaired) electrons. The number of nitrogens with zero attached hydrogens (tertiary/aromatic N) is 4. The lowest BCUT2D eigenvalue weighted by atomic mass is 9.97. The Morgan fingerprint density at radius 1 is 1.50 bits per heavy atom. The maximum atomic E-state index is 12.3. The summed E-state index contributed by atoms with van der Waals surface area (Å²) in [5.74, 6) is 0.0818. The summed E-state index contributed by atoms with van der Waals surface area (Å²) in [6.07, 6.45) is 4.99. The van der Waals surface area contributed by atoms with E-state index in [0.29, 0.717) is 12.4 Å². The molecule has 0 aromatic carbocycles. The van der Waals surface area contributed by atoms with Crippen molar-refractivity contribution in [3.8, 4) is 0 Å². The fourth-order valence-corrected chi connectivity index (χ4v) is 2.70. The van der Waals surface area contributed by atoms with Crippen LogP contribution in [0.5, 0.6) is 0 Å². The number of anilines is 1. The minimum absolute atomic E-state index is 0.0978. The Morgan fingerprint density at radius 2 is 2.32 bits per heavy atom. The van der Waals surface area contributed by atoms with E-state index in [4.69, 9.17) is 5.11 Å². The summed E-state index contributed by atoms with van der Waals surface area (Å²) >= 11 is 0. The van der Waals surface area contributed by atoms with Crippen LogP contribution in [0.2, 0.25) is 0 Å². The Kier molecular flexibility index (Phi) is 3.66. The lowest BCUT2D eigenvalue weighted by Gasteiger charge is -2.23. The van der Waals surface area contributed by atoms with Crippen LogP contribution in [0, 0.1) is 12.8 Å². The van der Waals surface area contributed by atoms with Crippen LogP contribution in [0.15, 0.2) is 18.5 Å².